The van der Waals surface area contributed by atoms with Gasteiger partial charge in [0.25, 0.3) is 10.2 Å². The van der Waals surface area contributed by atoms with E-state index >= 15 is 0 Å². The second kappa shape index (κ2) is 5.69. The summed E-state index contributed by atoms with van der Waals surface area (Å²) in [6.45, 7) is 7.70. The van der Waals surface area contributed by atoms with Crippen molar-refractivity contribution in [2.75, 3.05) is 11.8 Å². The van der Waals surface area contributed by atoms with Crippen molar-refractivity contribution in [3.8, 4) is 0 Å². The van der Waals surface area contributed by atoms with E-state index in [-0.39, 0.29) is 0 Å². The molecule has 9 heteroatoms. The Bertz CT molecular complexity index is 663. The molecule has 1 saturated heterocycles. The monoisotopic (exact) mass is 346 g/mol. The number of halogens is 1. The van der Waals surface area contributed by atoms with E-state index < -0.39 is 28.5 Å². The fourth-order valence-corrected chi connectivity index (χ4v) is 2.75. The lowest BCUT2D eigenvalue weighted by molar-refractivity contribution is 0.00578. The molecule has 0 bridgehead atoms. The molecule has 0 radical (unpaired) electrons. The summed E-state index contributed by atoms with van der Waals surface area (Å²) in [5, 5.41) is 0.470. The van der Waals surface area contributed by atoms with Crippen LogP contribution in [0.25, 0.3) is 0 Å². The average Bonchev–Trinajstić information content (AvgIpc) is 2.60. The Morgan fingerprint density at radius 3 is 2.18 bits per heavy atom. The molecule has 122 valence electrons. The van der Waals surface area contributed by atoms with Gasteiger partial charge in [-0.15, -0.1) is 0 Å². The van der Waals surface area contributed by atoms with Crippen molar-refractivity contribution in [1.29, 1.82) is 0 Å². The molecule has 1 aromatic rings. The van der Waals surface area contributed by atoms with Gasteiger partial charge in [-0.3, -0.25) is 4.72 Å². The lowest BCUT2D eigenvalue weighted by atomic mass is 9.78. The zero-order valence-electron chi connectivity index (χ0n) is 13.2. The van der Waals surface area contributed by atoms with E-state index in [1.165, 1.54) is 7.05 Å². The minimum atomic E-state index is -3.65. The number of rotatable bonds is 4. The van der Waals surface area contributed by atoms with Crippen LogP contribution in [0.2, 0.25) is 5.02 Å². The van der Waals surface area contributed by atoms with E-state index in [0.29, 0.717) is 16.2 Å². The van der Waals surface area contributed by atoms with Gasteiger partial charge in [0.05, 0.1) is 11.2 Å². The van der Waals surface area contributed by atoms with Crippen LogP contribution in [0, 0.1) is 0 Å². The van der Waals surface area contributed by atoms with Gasteiger partial charge in [0.15, 0.2) is 0 Å². The molecule has 0 atom stereocenters. The zero-order chi connectivity index (χ0) is 16.8. The zero-order valence-corrected chi connectivity index (χ0v) is 14.8. The van der Waals surface area contributed by atoms with Crippen LogP contribution in [0.1, 0.15) is 27.7 Å². The van der Waals surface area contributed by atoms with Gasteiger partial charge in [-0.1, -0.05) is 11.6 Å². The SMILES string of the molecule is CNS(=O)(=O)Nc1ccc(Cl)cc1B1OC(C)(C)C(C)(C)O1. The van der Waals surface area contributed by atoms with Gasteiger partial charge in [-0.05, 0) is 45.9 Å². The van der Waals surface area contributed by atoms with Gasteiger partial charge >= 0.3 is 7.12 Å². The second-order valence-electron chi connectivity index (χ2n) is 6.13. The van der Waals surface area contributed by atoms with Crippen molar-refractivity contribution in [2.24, 2.45) is 0 Å². The minimum Gasteiger partial charge on any atom is -0.399 e. The van der Waals surface area contributed by atoms with Crippen LogP contribution in [-0.4, -0.2) is 33.8 Å². The quantitative estimate of drug-likeness (QED) is 0.810. The van der Waals surface area contributed by atoms with Crippen molar-refractivity contribution in [1.82, 2.24) is 4.72 Å². The first-order valence-electron chi connectivity index (χ1n) is 6.84. The maximum Gasteiger partial charge on any atom is 0.497 e. The molecular formula is C13H20BClN2O4S. The van der Waals surface area contributed by atoms with Gasteiger partial charge in [-0.25, -0.2) is 4.72 Å². The van der Waals surface area contributed by atoms with Crippen molar-refractivity contribution in [2.45, 2.75) is 38.9 Å². The molecule has 2 N–H and O–H groups in total. The topological polar surface area (TPSA) is 76.7 Å². The van der Waals surface area contributed by atoms with E-state index in [4.69, 9.17) is 20.9 Å². The first kappa shape index (κ1) is 17.6. The molecule has 0 amide bonds. The third kappa shape index (κ3) is 3.41. The van der Waals surface area contributed by atoms with E-state index in [1.54, 1.807) is 18.2 Å². The molecule has 0 unspecified atom stereocenters. The van der Waals surface area contributed by atoms with Crippen molar-refractivity contribution in [3.63, 3.8) is 0 Å². The smallest absolute Gasteiger partial charge is 0.399 e. The second-order valence-corrected chi connectivity index (χ2v) is 8.19. The van der Waals surface area contributed by atoms with Crippen molar-refractivity contribution < 1.29 is 17.7 Å². The molecule has 1 aliphatic rings. The average molecular weight is 347 g/mol. The highest BCUT2D eigenvalue weighted by atomic mass is 35.5. The van der Waals surface area contributed by atoms with Gasteiger partial charge in [0.1, 0.15) is 0 Å². The van der Waals surface area contributed by atoms with Crippen molar-refractivity contribution >= 4 is 40.1 Å². The molecule has 1 aliphatic heterocycles. The Balaban J connectivity index is 2.41. The maximum atomic E-state index is 11.7. The normalized spacial score (nSPS) is 20.2. The summed E-state index contributed by atoms with van der Waals surface area (Å²) in [7, 11) is -3.03. The number of hydrogen-bond donors (Lipinski definition) is 2. The molecule has 0 spiro atoms. The summed E-state index contributed by atoms with van der Waals surface area (Å²) in [6, 6.07) is 4.82. The van der Waals surface area contributed by atoms with E-state index in [2.05, 4.69) is 9.44 Å². The summed E-state index contributed by atoms with van der Waals surface area (Å²) >= 11 is 6.04. The molecule has 6 nitrogen and oxygen atoms in total. The summed E-state index contributed by atoms with van der Waals surface area (Å²) < 4.78 is 40.0. The molecule has 1 fully saturated rings. The minimum absolute atomic E-state index is 0.359. The van der Waals surface area contributed by atoms with Gasteiger partial charge in [0.2, 0.25) is 0 Å². The number of anilines is 1. The van der Waals surface area contributed by atoms with Crippen LogP contribution in [-0.2, 0) is 19.5 Å². The van der Waals surface area contributed by atoms with E-state index in [1.807, 2.05) is 27.7 Å². The largest absolute Gasteiger partial charge is 0.497 e. The van der Waals surface area contributed by atoms with Gasteiger partial charge in [0, 0.05) is 23.2 Å². The summed E-state index contributed by atoms with van der Waals surface area (Å²) in [5.74, 6) is 0. The van der Waals surface area contributed by atoms with Crippen LogP contribution in [0.4, 0.5) is 5.69 Å². The van der Waals surface area contributed by atoms with E-state index in [0.717, 1.165) is 0 Å². The van der Waals surface area contributed by atoms with Gasteiger partial charge < -0.3 is 9.31 Å². The van der Waals surface area contributed by atoms with Gasteiger partial charge in [-0.2, -0.15) is 8.42 Å². The summed E-state index contributed by atoms with van der Waals surface area (Å²) in [6.07, 6.45) is 0. The number of nitrogens with one attached hydrogen (secondary N) is 2. The highest BCUT2D eigenvalue weighted by molar-refractivity contribution is 7.90. The standard InChI is InChI=1S/C13H20BClN2O4S/c1-12(2)13(3,4)21-14(20-12)10-8-9(15)6-7-11(10)17-22(18,19)16-5/h6-8,16-17H,1-5H3. The lowest BCUT2D eigenvalue weighted by Gasteiger charge is -2.32. The third-order valence-electron chi connectivity index (χ3n) is 4.03. The predicted molar refractivity (Wildman–Crippen MR) is 88.8 cm³/mol. The molecule has 0 aromatic heterocycles. The molecule has 1 aromatic carbocycles. The highest BCUT2D eigenvalue weighted by Crippen LogP contribution is 2.37. The first-order valence-corrected chi connectivity index (χ1v) is 8.70. The van der Waals surface area contributed by atoms with E-state index in [9.17, 15) is 8.42 Å². The summed E-state index contributed by atoms with van der Waals surface area (Å²) in [5.41, 5.74) is -0.166. The molecule has 0 aliphatic carbocycles. The van der Waals surface area contributed by atoms with Crippen LogP contribution < -0.4 is 14.9 Å². The Kier molecular flexibility index (Phi) is 4.54. The molecule has 0 saturated carbocycles. The highest BCUT2D eigenvalue weighted by Gasteiger charge is 2.52. The number of hydrogen-bond acceptors (Lipinski definition) is 4. The third-order valence-corrected chi connectivity index (χ3v) is 5.30. The molecule has 22 heavy (non-hydrogen) atoms. The summed E-state index contributed by atoms with van der Waals surface area (Å²) in [4.78, 5) is 0. The van der Waals surface area contributed by atoms with Crippen LogP contribution in [0.5, 0.6) is 0 Å². The lowest BCUT2D eigenvalue weighted by Crippen LogP contribution is -2.41. The fourth-order valence-electron chi connectivity index (χ4n) is 1.99. The molecule has 2 rings (SSSR count). The number of benzene rings is 1. The molecule has 1 heterocycles. The predicted octanol–water partition coefficient (Wildman–Crippen LogP) is 1.52. The Hall–Kier alpha value is -0.795. The van der Waals surface area contributed by atoms with Crippen LogP contribution >= 0.6 is 11.6 Å². The van der Waals surface area contributed by atoms with Crippen LogP contribution in [0.15, 0.2) is 18.2 Å². The maximum absolute atomic E-state index is 11.7. The van der Waals surface area contributed by atoms with Crippen molar-refractivity contribution in [3.05, 3.63) is 23.2 Å². The Morgan fingerprint density at radius 1 is 1.14 bits per heavy atom. The Labute approximate surface area is 136 Å². The fraction of sp³-hybridized carbons (Fsp3) is 0.538. The first-order chi connectivity index (χ1) is 9.97. The van der Waals surface area contributed by atoms with Crippen LogP contribution in [0.3, 0.4) is 0 Å². The molecular weight excluding hydrogens is 326 g/mol. The Morgan fingerprint density at radius 2 is 1.68 bits per heavy atom.